The number of benzene rings is 2. The number of piperidine rings is 1. The van der Waals surface area contributed by atoms with E-state index < -0.39 is 20.0 Å². The summed E-state index contributed by atoms with van der Waals surface area (Å²) in [7, 11) is -7.87. The molecule has 1 saturated heterocycles. The third-order valence-electron chi connectivity index (χ3n) is 5.65. The van der Waals surface area contributed by atoms with E-state index in [2.05, 4.69) is 5.10 Å². The SMILES string of the molecule is Cc1nn(S(=O)(=O)c2ccc3ccccc3c2)c(C)c1S(=O)(=O)N1CCC[C@@H](C)C1. The minimum absolute atomic E-state index is 0.0130. The van der Waals surface area contributed by atoms with Crippen LogP contribution in [0.4, 0.5) is 0 Å². The fraction of sp³-hybridized carbons (Fsp3) is 0.381. The molecule has 0 bridgehead atoms. The van der Waals surface area contributed by atoms with Crippen LogP contribution in [0.5, 0.6) is 0 Å². The second kappa shape index (κ2) is 7.47. The Hall–Kier alpha value is -2.23. The van der Waals surface area contributed by atoms with E-state index in [9.17, 15) is 16.8 Å². The summed E-state index contributed by atoms with van der Waals surface area (Å²) < 4.78 is 55.5. The first-order chi connectivity index (χ1) is 14.1. The monoisotopic (exact) mass is 447 g/mol. The summed E-state index contributed by atoms with van der Waals surface area (Å²) >= 11 is 0. The van der Waals surface area contributed by atoms with Gasteiger partial charge in [-0.25, -0.2) is 8.42 Å². The summed E-state index contributed by atoms with van der Waals surface area (Å²) in [5, 5.41) is 5.85. The average Bonchev–Trinajstić information content (AvgIpc) is 3.03. The number of hydrogen-bond donors (Lipinski definition) is 0. The largest absolute Gasteiger partial charge is 0.283 e. The average molecular weight is 448 g/mol. The lowest BCUT2D eigenvalue weighted by molar-refractivity contribution is 0.281. The molecule has 1 aliphatic heterocycles. The van der Waals surface area contributed by atoms with Gasteiger partial charge < -0.3 is 0 Å². The maximum Gasteiger partial charge on any atom is 0.283 e. The Bertz CT molecular complexity index is 1330. The first-order valence-electron chi connectivity index (χ1n) is 9.93. The Labute approximate surface area is 177 Å². The third kappa shape index (κ3) is 3.44. The van der Waals surface area contributed by atoms with Gasteiger partial charge in [-0.3, -0.25) is 0 Å². The Morgan fingerprint density at radius 1 is 0.967 bits per heavy atom. The second-order valence-corrected chi connectivity index (χ2v) is 11.6. The third-order valence-corrected chi connectivity index (χ3v) is 9.43. The molecule has 160 valence electrons. The minimum atomic E-state index is -4.04. The molecule has 30 heavy (non-hydrogen) atoms. The lowest BCUT2D eigenvalue weighted by Crippen LogP contribution is -2.39. The van der Waals surface area contributed by atoms with Crippen molar-refractivity contribution in [1.29, 1.82) is 0 Å². The molecule has 1 aromatic heterocycles. The van der Waals surface area contributed by atoms with Crippen molar-refractivity contribution in [2.75, 3.05) is 13.1 Å². The zero-order valence-corrected chi connectivity index (χ0v) is 18.9. The molecule has 1 aliphatic rings. The maximum atomic E-state index is 13.3. The standard InChI is InChI=1S/C21H25N3O4S2/c1-15-7-6-12-23(14-15)30(27,28)21-16(2)22-24(17(21)3)29(25,26)20-11-10-18-8-4-5-9-19(18)13-20/h4-5,8-11,13,15H,6-7,12,14H2,1-3H3/t15-/m1/s1. The minimum Gasteiger partial charge on any atom is -0.207 e. The van der Waals surface area contributed by atoms with Gasteiger partial charge in [0.15, 0.2) is 0 Å². The van der Waals surface area contributed by atoms with Crippen molar-refractivity contribution in [3.05, 3.63) is 53.9 Å². The first kappa shape index (κ1) is 21.0. The molecule has 0 amide bonds. The number of rotatable bonds is 4. The van der Waals surface area contributed by atoms with Gasteiger partial charge in [0.2, 0.25) is 10.0 Å². The van der Waals surface area contributed by atoms with E-state index in [1.54, 1.807) is 19.1 Å². The lowest BCUT2D eigenvalue weighted by atomic mass is 10.0. The van der Waals surface area contributed by atoms with E-state index >= 15 is 0 Å². The highest BCUT2D eigenvalue weighted by molar-refractivity contribution is 7.90. The van der Waals surface area contributed by atoms with Crippen LogP contribution in [0.2, 0.25) is 0 Å². The van der Waals surface area contributed by atoms with Crippen molar-refractivity contribution in [1.82, 2.24) is 13.5 Å². The molecule has 2 heterocycles. The van der Waals surface area contributed by atoms with Crippen LogP contribution in [0.25, 0.3) is 10.8 Å². The van der Waals surface area contributed by atoms with Crippen molar-refractivity contribution in [3.63, 3.8) is 0 Å². The summed E-state index contributed by atoms with van der Waals surface area (Å²) in [5.41, 5.74) is 0.300. The van der Waals surface area contributed by atoms with Crippen LogP contribution in [0.3, 0.4) is 0 Å². The maximum absolute atomic E-state index is 13.3. The zero-order chi connectivity index (χ0) is 21.7. The zero-order valence-electron chi connectivity index (χ0n) is 17.2. The van der Waals surface area contributed by atoms with Crippen molar-refractivity contribution < 1.29 is 16.8 Å². The molecule has 0 unspecified atom stereocenters. The van der Waals surface area contributed by atoms with E-state index in [1.165, 1.54) is 17.3 Å². The molecule has 1 fully saturated rings. The molecule has 7 nitrogen and oxygen atoms in total. The van der Waals surface area contributed by atoms with Crippen LogP contribution < -0.4 is 0 Å². The Morgan fingerprint density at radius 3 is 2.37 bits per heavy atom. The number of nitrogens with zero attached hydrogens (tertiary/aromatic N) is 3. The molecular weight excluding hydrogens is 422 g/mol. The van der Waals surface area contributed by atoms with Gasteiger partial charge in [-0.2, -0.15) is 21.9 Å². The van der Waals surface area contributed by atoms with Crippen molar-refractivity contribution in [2.45, 2.75) is 43.4 Å². The van der Waals surface area contributed by atoms with Gasteiger partial charge in [0, 0.05) is 13.1 Å². The molecule has 0 N–H and O–H groups in total. The van der Waals surface area contributed by atoms with E-state index in [4.69, 9.17) is 0 Å². The van der Waals surface area contributed by atoms with E-state index in [1.807, 2.05) is 31.2 Å². The van der Waals surface area contributed by atoms with Crippen molar-refractivity contribution in [3.8, 4) is 0 Å². The van der Waals surface area contributed by atoms with Gasteiger partial charge in [-0.1, -0.05) is 37.3 Å². The molecule has 2 aromatic carbocycles. The van der Waals surface area contributed by atoms with Crippen LogP contribution in [0, 0.1) is 19.8 Å². The number of fused-ring (bicyclic) bond motifs is 1. The van der Waals surface area contributed by atoms with Crippen LogP contribution >= 0.6 is 0 Å². The van der Waals surface area contributed by atoms with E-state index in [0.29, 0.717) is 13.1 Å². The molecule has 0 radical (unpaired) electrons. The van der Waals surface area contributed by atoms with E-state index in [0.717, 1.165) is 27.7 Å². The molecule has 4 rings (SSSR count). The lowest BCUT2D eigenvalue weighted by Gasteiger charge is -2.30. The van der Waals surface area contributed by atoms with Gasteiger partial charge in [-0.05, 0) is 55.5 Å². The van der Waals surface area contributed by atoms with Crippen LogP contribution in [-0.2, 0) is 20.0 Å². The highest BCUT2D eigenvalue weighted by Gasteiger charge is 2.35. The Balaban J connectivity index is 1.80. The second-order valence-electron chi connectivity index (χ2n) is 7.97. The molecule has 0 aliphatic carbocycles. The van der Waals surface area contributed by atoms with Crippen LogP contribution in [0.15, 0.2) is 52.3 Å². The van der Waals surface area contributed by atoms with Crippen LogP contribution in [-0.4, -0.2) is 43.4 Å². The Morgan fingerprint density at radius 2 is 1.67 bits per heavy atom. The molecule has 3 aromatic rings. The van der Waals surface area contributed by atoms with E-state index in [-0.39, 0.29) is 27.1 Å². The fourth-order valence-electron chi connectivity index (χ4n) is 4.13. The Kier molecular flexibility index (Phi) is 5.24. The topological polar surface area (TPSA) is 89.3 Å². The van der Waals surface area contributed by atoms with Gasteiger partial charge in [0.1, 0.15) is 4.90 Å². The van der Waals surface area contributed by atoms with Crippen LogP contribution in [0.1, 0.15) is 31.2 Å². The highest BCUT2D eigenvalue weighted by Crippen LogP contribution is 2.30. The summed E-state index contributed by atoms with van der Waals surface area (Å²) in [6.07, 6.45) is 1.78. The summed E-state index contributed by atoms with van der Waals surface area (Å²) in [5.74, 6) is 0.269. The predicted molar refractivity (Wildman–Crippen MR) is 115 cm³/mol. The van der Waals surface area contributed by atoms with Crippen molar-refractivity contribution >= 4 is 30.8 Å². The van der Waals surface area contributed by atoms with Gasteiger partial charge >= 0.3 is 0 Å². The predicted octanol–water partition coefficient (Wildman–Crippen LogP) is 3.31. The summed E-state index contributed by atoms with van der Waals surface area (Å²) in [6.45, 7) is 5.94. The fourth-order valence-corrected chi connectivity index (χ4v) is 7.54. The molecule has 9 heteroatoms. The normalized spacial score (nSPS) is 18.7. The van der Waals surface area contributed by atoms with Crippen molar-refractivity contribution in [2.24, 2.45) is 5.92 Å². The molecule has 0 saturated carbocycles. The molecule has 1 atom stereocenters. The summed E-state index contributed by atoms with van der Waals surface area (Å²) in [4.78, 5) is 0.0586. The number of hydrogen-bond acceptors (Lipinski definition) is 5. The summed E-state index contributed by atoms with van der Waals surface area (Å²) in [6, 6.07) is 12.3. The first-order valence-corrected chi connectivity index (χ1v) is 12.8. The smallest absolute Gasteiger partial charge is 0.207 e. The quantitative estimate of drug-likeness (QED) is 0.612. The molecule has 0 spiro atoms. The molecular formula is C21H25N3O4S2. The van der Waals surface area contributed by atoms with Gasteiger partial charge in [-0.15, -0.1) is 0 Å². The number of aryl methyl sites for hydroxylation is 1. The number of sulfonamides is 1. The number of aromatic nitrogens is 2. The highest BCUT2D eigenvalue weighted by atomic mass is 32.2. The van der Waals surface area contributed by atoms with Gasteiger partial charge in [0.05, 0.1) is 16.3 Å². The van der Waals surface area contributed by atoms with Gasteiger partial charge in [0.25, 0.3) is 10.0 Å².